The standard InChI is InChI=1S/C14H21NO/c1-11-9-14(2,3)13(8-12(11)10-16)15-6-4-5-7-15/h8,10,12H,1,4-7,9H2,2-3H3. The molecule has 1 atom stereocenters. The average molecular weight is 219 g/mol. The summed E-state index contributed by atoms with van der Waals surface area (Å²) in [5.74, 6) is -0.0661. The van der Waals surface area contributed by atoms with E-state index in [9.17, 15) is 4.79 Å². The van der Waals surface area contributed by atoms with E-state index in [4.69, 9.17) is 0 Å². The van der Waals surface area contributed by atoms with Gasteiger partial charge in [0, 0.05) is 24.2 Å². The number of hydrogen-bond donors (Lipinski definition) is 0. The lowest BCUT2D eigenvalue weighted by molar-refractivity contribution is -0.109. The fraction of sp³-hybridized carbons (Fsp3) is 0.643. The first-order valence-corrected chi connectivity index (χ1v) is 6.15. The van der Waals surface area contributed by atoms with E-state index in [1.807, 2.05) is 0 Å². The Hall–Kier alpha value is -1.05. The van der Waals surface area contributed by atoms with Crippen LogP contribution >= 0.6 is 0 Å². The molecule has 1 unspecified atom stereocenters. The van der Waals surface area contributed by atoms with Crippen LogP contribution in [0.4, 0.5) is 0 Å². The van der Waals surface area contributed by atoms with Crippen molar-refractivity contribution >= 4 is 6.29 Å². The smallest absolute Gasteiger partial charge is 0.130 e. The van der Waals surface area contributed by atoms with Gasteiger partial charge in [-0.05, 0) is 19.3 Å². The van der Waals surface area contributed by atoms with E-state index in [1.54, 1.807) is 0 Å². The van der Waals surface area contributed by atoms with Crippen LogP contribution in [0.2, 0.25) is 0 Å². The SMILES string of the molecule is C=C1CC(C)(C)C(N2CCCC2)=CC1C=O. The zero-order valence-corrected chi connectivity index (χ0v) is 10.3. The molecule has 2 rings (SSSR count). The summed E-state index contributed by atoms with van der Waals surface area (Å²) in [6, 6.07) is 0. The molecule has 0 aromatic heterocycles. The molecule has 1 saturated heterocycles. The average Bonchev–Trinajstić information content (AvgIpc) is 2.69. The Kier molecular flexibility index (Phi) is 2.92. The molecule has 0 saturated carbocycles. The number of likely N-dealkylation sites (tertiary alicyclic amines) is 1. The summed E-state index contributed by atoms with van der Waals surface area (Å²) in [6.07, 6.45) is 6.64. The van der Waals surface area contributed by atoms with Crippen LogP contribution in [-0.4, -0.2) is 24.3 Å². The van der Waals surface area contributed by atoms with Gasteiger partial charge in [-0.25, -0.2) is 0 Å². The van der Waals surface area contributed by atoms with Crippen LogP contribution in [-0.2, 0) is 4.79 Å². The highest BCUT2D eigenvalue weighted by molar-refractivity contribution is 5.63. The Labute approximate surface area is 98.0 Å². The lowest BCUT2D eigenvalue weighted by Crippen LogP contribution is -2.34. The minimum Gasteiger partial charge on any atom is -0.375 e. The maximum Gasteiger partial charge on any atom is 0.130 e. The van der Waals surface area contributed by atoms with Crippen molar-refractivity contribution in [2.75, 3.05) is 13.1 Å². The summed E-state index contributed by atoms with van der Waals surface area (Å²) in [4.78, 5) is 13.5. The van der Waals surface area contributed by atoms with Crippen molar-refractivity contribution in [2.45, 2.75) is 33.1 Å². The van der Waals surface area contributed by atoms with Crippen LogP contribution in [0.3, 0.4) is 0 Å². The highest BCUT2D eigenvalue weighted by Gasteiger charge is 2.35. The highest BCUT2D eigenvalue weighted by Crippen LogP contribution is 2.42. The van der Waals surface area contributed by atoms with Gasteiger partial charge in [0.2, 0.25) is 0 Å². The first-order chi connectivity index (χ1) is 7.54. The molecule has 2 heteroatoms. The first kappa shape index (κ1) is 11.4. The molecule has 1 aliphatic carbocycles. The molecule has 1 heterocycles. The van der Waals surface area contributed by atoms with Gasteiger partial charge in [0.05, 0.1) is 5.92 Å². The largest absolute Gasteiger partial charge is 0.375 e. The van der Waals surface area contributed by atoms with Crippen molar-refractivity contribution in [3.8, 4) is 0 Å². The third-order valence-electron chi connectivity index (χ3n) is 3.76. The summed E-state index contributed by atoms with van der Waals surface area (Å²) in [5, 5.41) is 0. The normalized spacial score (nSPS) is 29.1. The molecule has 0 bridgehead atoms. The van der Waals surface area contributed by atoms with E-state index in [1.165, 1.54) is 18.5 Å². The molecular formula is C14H21NO. The summed E-state index contributed by atoms with van der Waals surface area (Å²) >= 11 is 0. The van der Waals surface area contributed by atoms with Crippen LogP contribution in [0, 0.1) is 11.3 Å². The Balaban J connectivity index is 2.30. The Bertz CT molecular complexity index is 335. The number of rotatable bonds is 2. The molecule has 1 aliphatic heterocycles. The van der Waals surface area contributed by atoms with Crippen molar-refractivity contribution in [1.82, 2.24) is 4.90 Å². The molecule has 0 spiro atoms. The summed E-state index contributed by atoms with van der Waals surface area (Å²) in [7, 11) is 0. The molecule has 0 aromatic rings. The van der Waals surface area contributed by atoms with E-state index in [0.29, 0.717) is 0 Å². The lowest BCUT2D eigenvalue weighted by Gasteiger charge is -2.40. The van der Waals surface area contributed by atoms with Gasteiger partial charge in [-0.3, -0.25) is 0 Å². The van der Waals surface area contributed by atoms with E-state index < -0.39 is 0 Å². The van der Waals surface area contributed by atoms with Gasteiger partial charge in [-0.1, -0.05) is 32.1 Å². The van der Waals surface area contributed by atoms with Gasteiger partial charge in [0.25, 0.3) is 0 Å². The number of nitrogens with zero attached hydrogens (tertiary/aromatic N) is 1. The van der Waals surface area contributed by atoms with Crippen LogP contribution in [0.15, 0.2) is 23.9 Å². The Morgan fingerprint density at radius 2 is 2.06 bits per heavy atom. The Morgan fingerprint density at radius 3 is 2.62 bits per heavy atom. The molecule has 88 valence electrons. The second-order valence-electron chi connectivity index (χ2n) is 5.63. The third-order valence-corrected chi connectivity index (χ3v) is 3.76. The Morgan fingerprint density at radius 1 is 1.44 bits per heavy atom. The van der Waals surface area contributed by atoms with Crippen molar-refractivity contribution in [1.29, 1.82) is 0 Å². The van der Waals surface area contributed by atoms with Crippen molar-refractivity contribution < 1.29 is 4.79 Å². The number of carbonyl (C=O) groups excluding carboxylic acids is 1. The second kappa shape index (κ2) is 4.08. The van der Waals surface area contributed by atoms with Gasteiger partial charge >= 0.3 is 0 Å². The number of allylic oxidation sites excluding steroid dienone is 3. The lowest BCUT2D eigenvalue weighted by atomic mass is 9.73. The molecule has 0 amide bonds. The van der Waals surface area contributed by atoms with Gasteiger partial charge in [0.15, 0.2) is 0 Å². The number of carbonyl (C=O) groups is 1. The van der Waals surface area contributed by atoms with E-state index >= 15 is 0 Å². The maximum absolute atomic E-state index is 11.0. The van der Waals surface area contributed by atoms with Crippen LogP contribution in [0.5, 0.6) is 0 Å². The predicted molar refractivity (Wildman–Crippen MR) is 66.0 cm³/mol. The molecule has 1 fully saturated rings. The van der Waals surface area contributed by atoms with E-state index in [0.717, 1.165) is 31.4 Å². The summed E-state index contributed by atoms with van der Waals surface area (Å²) < 4.78 is 0. The van der Waals surface area contributed by atoms with Crippen molar-refractivity contribution in [3.63, 3.8) is 0 Å². The fourth-order valence-corrected chi connectivity index (χ4v) is 2.92. The monoisotopic (exact) mass is 219 g/mol. The summed E-state index contributed by atoms with van der Waals surface area (Å²) in [6.45, 7) is 10.8. The molecule has 2 aliphatic rings. The topological polar surface area (TPSA) is 20.3 Å². The number of aldehydes is 1. The maximum atomic E-state index is 11.0. The minimum absolute atomic E-state index is 0.0661. The van der Waals surface area contributed by atoms with Gasteiger partial charge in [-0.2, -0.15) is 0 Å². The first-order valence-electron chi connectivity index (χ1n) is 6.15. The van der Waals surface area contributed by atoms with Crippen LogP contribution < -0.4 is 0 Å². The third kappa shape index (κ3) is 1.93. The minimum atomic E-state index is -0.0661. The number of hydrogen-bond acceptors (Lipinski definition) is 2. The zero-order valence-electron chi connectivity index (χ0n) is 10.3. The molecule has 16 heavy (non-hydrogen) atoms. The molecule has 0 aromatic carbocycles. The molecular weight excluding hydrogens is 198 g/mol. The van der Waals surface area contributed by atoms with Gasteiger partial charge < -0.3 is 9.69 Å². The molecule has 2 nitrogen and oxygen atoms in total. The molecule has 0 radical (unpaired) electrons. The second-order valence-corrected chi connectivity index (χ2v) is 5.63. The van der Waals surface area contributed by atoms with Gasteiger partial charge in [-0.15, -0.1) is 0 Å². The van der Waals surface area contributed by atoms with Gasteiger partial charge in [0.1, 0.15) is 6.29 Å². The van der Waals surface area contributed by atoms with E-state index in [-0.39, 0.29) is 11.3 Å². The van der Waals surface area contributed by atoms with Crippen LogP contribution in [0.25, 0.3) is 0 Å². The predicted octanol–water partition coefficient (Wildman–Crippen LogP) is 2.77. The fourth-order valence-electron chi connectivity index (χ4n) is 2.92. The van der Waals surface area contributed by atoms with Crippen molar-refractivity contribution in [2.24, 2.45) is 11.3 Å². The zero-order chi connectivity index (χ0) is 11.8. The van der Waals surface area contributed by atoms with E-state index in [2.05, 4.69) is 31.4 Å². The highest BCUT2D eigenvalue weighted by atomic mass is 16.1. The summed E-state index contributed by atoms with van der Waals surface area (Å²) in [5.41, 5.74) is 2.55. The quantitative estimate of drug-likeness (QED) is 0.526. The molecule has 0 N–H and O–H groups in total. The van der Waals surface area contributed by atoms with Crippen molar-refractivity contribution in [3.05, 3.63) is 23.9 Å². The van der Waals surface area contributed by atoms with Crippen LogP contribution in [0.1, 0.15) is 33.1 Å².